The van der Waals surface area contributed by atoms with Gasteiger partial charge in [0, 0.05) is 49.5 Å². The van der Waals surface area contributed by atoms with Crippen LogP contribution in [0.5, 0.6) is 5.75 Å². The number of phenols is 1. The third kappa shape index (κ3) is 3.94. The van der Waals surface area contributed by atoms with E-state index in [1.54, 1.807) is 0 Å². The van der Waals surface area contributed by atoms with E-state index in [1.807, 2.05) is 25.1 Å². The highest BCUT2D eigenvalue weighted by Gasteiger charge is 2.19. The first-order valence-electron chi connectivity index (χ1n) is 9.42. The standard InChI is InChI=1S/C22H24BrN3O/c1-16-8-9-18-20(24-16)6-3-7-21(18)26-14-12-25(13-15-26)11-10-17-4-2-5-19(23)22(17)27/h2-9,27H,10-15H2,1H3. The van der Waals surface area contributed by atoms with E-state index in [0.29, 0.717) is 5.75 Å². The van der Waals surface area contributed by atoms with Crippen molar-refractivity contribution in [3.63, 3.8) is 0 Å². The Kier molecular flexibility index (Phi) is 5.32. The van der Waals surface area contributed by atoms with E-state index in [2.05, 4.69) is 61.0 Å². The number of pyridine rings is 1. The fourth-order valence-electron chi connectivity index (χ4n) is 3.77. The normalized spacial score (nSPS) is 15.4. The molecule has 140 valence electrons. The molecular formula is C22H24BrN3O. The Balaban J connectivity index is 1.40. The van der Waals surface area contributed by atoms with Crippen LogP contribution >= 0.6 is 15.9 Å². The van der Waals surface area contributed by atoms with Crippen molar-refractivity contribution in [2.24, 2.45) is 0 Å². The molecule has 2 heterocycles. The number of halogens is 1. The molecule has 0 unspecified atom stereocenters. The number of anilines is 1. The van der Waals surface area contributed by atoms with Crippen molar-refractivity contribution in [1.82, 2.24) is 9.88 Å². The molecule has 27 heavy (non-hydrogen) atoms. The molecule has 0 bridgehead atoms. The summed E-state index contributed by atoms with van der Waals surface area (Å²) in [5, 5.41) is 11.4. The Bertz CT molecular complexity index is 951. The SMILES string of the molecule is Cc1ccc2c(N3CCN(CCc4cccc(Br)c4O)CC3)cccc2n1. The molecule has 1 aliphatic rings. The number of para-hydroxylation sites is 1. The summed E-state index contributed by atoms with van der Waals surface area (Å²) in [5.74, 6) is 0.370. The monoisotopic (exact) mass is 425 g/mol. The second-order valence-corrected chi connectivity index (χ2v) is 7.98. The van der Waals surface area contributed by atoms with Gasteiger partial charge in [-0.05, 0) is 65.2 Å². The summed E-state index contributed by atoms with van der Waals surface area (Å²) >= 11 is 3.39. The summed E-state index contributed by atoms with van der Waals surface area (Å²) in [4.78, 5) is 9.60. The van der Waals surface area contributed by atoms with Crippen molar-refractivity contribution >= 4 is 32.5 Å². The first-order valence-corrected chi connectivity index (χ1v) is 10.2. The van der Waals surface area contributed by atoms with Crippen molar-refractivity contribution in [2.75, 3.05) is 37.6 Å². The largest absolute Gasteiger partial charge is 0.506 e. The summed E-state index contributed by atoms with van der Waals surface area (Å²) in [5.41, 5.74) is 4.41. The zero-order valence-corrected chi connectivity index (χ0v) is 17.1. The average molecular weight is 426 g/mol. The van der Waals surface area contributed by atoms with Gasteiger partial charge in [0.05, 0.1) is 9.99 Å². The average Bonchev–Trinajstić information content (AvgIpc) is 2.69. The smallest absolute Gasteiger partial charge is 0.132 e. The van der Waals surface area contributed by atoms with Gasteiger partial charge in [-0.15, -0.1) is 0 Å². The maximum atomic E-state index is 10.2. The first kappa shape index (κ1) is 18.3. The quantitative estimate of drug-likeness (QED) is 0.673. The van der Waals surface area contributed by atoms with Crippen molar-refractivity contribution in [1.29, 1.82) is 0 Å². The molecule has 5 heteroatoms. The van der Waals surface area contributed by atoms with Crippen LogP contribution in [0.25, 0.3) is 10.9 Å². The maximum absolute atomic E-state index is 10.2. The number of piperazine rings is 1. The number of aryl methyl sites for hydroxylation is 1. The Labute approximate surface area is 168 Å². The maximum Gasteiger partial charge on any atom is 0.132 e. The minimum absolute atomic E-state index is 0.370. The number of phenolic OH excluding ortho intramolecular Hbond substituents is 1. The number of fused-ring (bicyclic) bond motifs is 1. The molecule has 0 amide bonds. The van der Waals surface area contributed by atoms with Gasteiger partial charge in [0.2, 0.25) is 0 Å². The molecular weight excluding hydrogens is 402 g/mol. The van der Waals surface area contributed by atoms with Gasteiger partial charge < -0.3 is 10.0 Å². The van der Waals surface area contributed by atoms with Crippen molar-refractivity contribution in [3.05, 3.63) is 64.3 Å². The van der Waals surface area contributed by atoms with Gasteiger partial charge in [-0.2, -0.15) is 0 Å². The van der Waals surface area contributed by atoms with Gasteiger partial charge in [-0.3, -0.25) is 9.88 Å². The van der Waals surface area contributed by atoms with Gasteiger partial charge in [0.25, 0.3) is 0 Å². The number of benzene rings is 2. The topological polar surface area (TPSA) is 39.6 Å². The molecule has 1 aliphatic heterocycles. The summed E-state index contributed by atoms with van der Waals surface area (Å²) in [6.45, 7) is 7.09. The Morgan fingerprint density at radius 1 is 1.00 bits per heavy atom. The molecule has 2 aromatic carbocycles. The van der Waals surface area contributed by atoms with Crippen molar-refractivity contribution in [2.45, 2.75) is 13.3 Å². The van der Waals surface area contributed by atoms with Crippen LogP contribution in [0.3, 0.4) is 0 Å². The third-order valence-electron chi connectivity index (χ3n) is 5.33. The second kappa shape index (κ2) is 7.87. The lowest BCUT2D eigenvalue weighted by atomic mass is 10.1. The molecule has 1 saturated heterocycles. The van der Waals surface area contributed by atoms with Gasteiger partial charge in [0.1, 0.15) is 5.75 Å². The summed E-state index contributed by atoms with van der Waals surface area (Å²) in [6, 6.07) is 16.5. The lowest BCUT2D eigenvalue weighted by Gasteiger charge is -2.36. The number of nitrogens with zero attached hydrogens (tertiary/aromatic N) is 3. The van der Waals surface area contributed by atoms with Gasteiger partial charge in [0.15, 0.2) is 0 Å². The lowest BCUT2D eigenvalue weighted by molar-refractivity contribution is 0.260. The van der Waals surface area contributed by atoms with Gasteiger partial charge in [-0.1, -0.05) is 18.2 Å². The van der Waals surface area contributed by atoms with Crippen LogP contribution in [-0.2, 0) is 6.42 Å². The number of aromatic hydroxyl groups is 1. The molecule has 0 radical (unpaired) electrons. The van der Waals surface area contributed by atoms with Crippen molar-refractivity contribution in [3.8, 4) is 5.75 Å². The molecule has 0 atom stereocenters. The summed E-state index contributed by atoms with van der Waals surface area (Å²) in [6.07, 6.45) is 0.864. The predicted molar refractivity (Wildman–Crippen MR) is 115 cm³/mol. The van der Waals surface area contributed by atoms with Crippen LogP contribution < -0.4 is 4.90 Å². The van der Waals surface area contributed by atoms with Crippen LogP contribution in [0.2, 0.25) is 0 Å². The van der Waals surface area contributed by atoms with E-state index in [1.165, 1.54) is 11.1 Å². The van der Waals surface area contributed by atoms with Gasteiger partial charge >= 0.3 is 0 Å². The molecule has 0 spiro atoms. The minimum Gasteiger partial charge on any atom is -0.506 e. The molecule has 4 rings (SSSR count). The van der Waals surface area contributed by atoms with E-state index in [0.717, 1.165) is 60.4 Å². The molecule has 0 saturated carbocycles. The van der Waals surface area contributed by atoms with Crippen LogP contribution in [-0.4, -0.2) is 47.7 Å². The van der Waals surface area contributed by atoms with E-state index in [9.17, 15) is 5.11 Å². The van der Waals surface area contributed by atoms with Crippen molar-refractivity contribution < 1.29 is 5.11 Å². The van der Waals surface area contributed by atoms with E-state index < -0.39 is 0 Å². The van der Waals surface area contributed by atoms with Crippen LogP contribution in [0, 0.1) is 6.92 Å². The Morgan fingerprint density at radius 3 is 2.59 bits per heavy atom. The summed E-state index contributed by atoms with van der Waals surface area (Å²) in [7, 11) is 0. The molecule has 1 fully saturated rings. The number of hydrogen-bond donors (Lipinski definition) is 1. The fourth-order valence-corrected chi connectivity index (χ4v) is 4.18. The van der Waals surface area contributed by atoms with Crippen LogP contribution in [0.1, 0.15) is 11.3 Å². The predicted octanol–water partition coefficient (Wildman–Crippen LogP) is 4.38. The molecule has 1 aromatic heterocycles. The molecule has 4 nitrogen and oxygen atoms in total. The minimum atomic E-state index is 0.370. The summed E-state index contributed by atoms with van der Waals surface area (Å²) < 4.78 is 0.768. The zero-order valence-electron chi connectivity index (χ0n) is 15.5. The number of rotatable bonds is 4. The fraction of sp³-hybridized carbons (Fsp3) is 0.318. The molecule has 1 N–H and O–H groups in total. The van der Waals surface area contributed by atoms with Crippen LogP contribution in [0.15, 0.2) is 53.0 Å². The number of hydrogen-bond acceptors (Lipinski definition) is 4. The van der Waals surface area contributed by atoms with Gasteiger partial charge in [-0.25, -0.2) is 0 Å². The highest BCUT2D eigenvalue weighted by molar-refractivity contribution is 9.10. The molecule has 0 aliphatic carbocycles. The lowest BCUT2D eigenvalue weighted by Crippen LogP contribution is -2.47. The zero-order chi connectivity index (χ0) is 18.8. The highest BCUT2D eigenvalue weighted by atomic mass is 79.9. The molecule has 3 aromatic rings. The Hall–Kier alpha value is -2.11. The Morgan fingerprint density at radius 2 is 1.78 bits per heavy atom. The van der Waals surface area contributed by atoms with E-state index in [4.69, 9.17) is 0 Å². The van der Waals surface area contributed by atoms with E-state index >= 15 is 0 Å². The second-order valence-electron chi connectivity index (χ2n) is 7.12. The highest BCUT2D eigenvalue weighted by Crippen LogP contribution is 2.29. The number of aromatic nitrogens is 1. The first-order chi connectivity index (χ1) is 13.1. The third-order valence-corrected chi connectivity index (χ3v) is 5.97. The van der Waals surface area contributed by atoms with Crippen LogP contribution in [0.4, 0.5) is 5.69 Å². The van der Waals surface area contributed by atoms with E-state index in [-0.39, 0.29) is 0 Å².